The fraction of sp³-hybridized carbons (Fsp3) is 0. The number of hydrogen-bond acceptors (Lipinski definition) is 5. The Morgan fingerprint density at radius 1 is 1.12 bits per heavy atom. The number of benzene rings is 1. The summed E-state index contributed by atoms with van der Waals surface area (Å²) in [4.78, 5) is 0. The van der Waals surface area contributed by atoms with Gasteiger partial charge in [-0.15, -0.1) is 9.73 Å². The van der Waals surface area contributed by atoms with E-state index in [0.717, 1.165) is 5.56 Å². The molecule has 0 aliphatic heterocycles. The van der Waals surface area contributed by atoms with Gasteiger partial charge in [0.15, 0.2) is 0 Å². The van der Waals surface area contributed by atoms with Crippen molar-refractivity contribution in [2.75, 3.05) is 0 Å². The van der Waals surface area contributed by atoms with Crippen molar-refractivity contribution in [2.45, 2.75) is 0 Å². The van der Waals surface area contributed by atoms with Crippen molar-refractivity contribution < 1.29 is 5.11 Å². The highest BCUT2D eigenvalue weighted by atomic mass is 16.3. The van der Waals surface area contributed by atoms with E-state index in [2.05, 4.69) is 20.6 Å². The van der Waals surface area contributed by atoms with Gasteiger partial charge in [0.25, 0.3) is 0 Å². The molecule has 0 radical (unpaired) electrons. The van der Waals surface area contributed by atoms with Gasteiger partial charge in [0.2, 0.25) is 5.65 Å². The molecular weight excluding hydrogens is 206 g/mol. The number of aromatic hydroxyl groups is 1. The molecule has 0 spiro atoms. The lowest BCUT2D eigenvalue weighted by Crippen LogP contribution is -1.95. The maximum absolute atomic E-state index is 9.81. The number of hydrogen-bond donors (Lipinski definition) is 1. The first kappa shape index (κ1) is 8.78. The Morgan fingerprint density at radius 3 is 2.75 bits per heavy atom. The normalized spacial score (nSPS) is 10.8. The Kier molecular flexibility index (Phi) is 1.79. The lowest BCUT2D eigenvalue weighted by Gasteiger charge is -2.03. The average Bonchev–Trinajstić information content (AvgIpc) is 2.78. The van der Waals surface area contributed by atoms with Crippen LogP contribution >= 0.6 is 0 Å². The summed E-state index contributed by atoms with van der Waals surface area (Å²) in [6, 6.07) is 9.43. The maximum atomic E-state index is 9.81. The van der Waals surface area contributed by atoms with E-state index in [1.807, 2.05) is 30.3 Å². The monoisotopic (exact) mass is 213 g/mol. The van der Waals surface area contributed by atoms with E-state index in [1.165, 1.54) is 10.8 Å². The zero-order chi connectivity index (χ0) is 11.0. The van der Waals surface area contributed by atoms with Crippen molar-refractivity contribution in [3.63, 3.8) is 0 Å². The first-order valence-electron chi connectivity index (χ1n) is 4.68. The second kappa shape index (κ2) is 3.27. The zero-order valence-corrected chi connectivity index (χ0v) is 8.15. The molecule has 2 heterocycles. The minimum absolute atomic E-state index is 0.0634. The molecule has 0 aliphatic carbocycles. The van der Waals surface area contributed by atoms with Crippen LogP contribution in [0.3, 0.4) is 0 Å². The first-order chi connectivity index (χ1) is 7.86. The molecule has 3 aromatic rings. The quantitative estimate of drug-likeness (QED) is 0.649. The van der Waals surface area contributed by atoms with E-state index in [-0.39, 0.29) is 5.75 Å². The van der Waals surface area contributed by atoms with Crippen molar-refractivity contribution in [3.05, 3.63) is 36.5 Å². The van der Waals surface area contributed by atoms with Crippen molar-refractivity contribution >= 4 is 5.65 Å². The van der Waals surface area contributed by atoms with Gasteiger partial charge < -0.3 is 5.11 Å². The number of nitrogens with zero attached hydrogens (tertiary/aromatic N) is 5. The van der Waals surface area contributed by atoms with Crippen LogP contribution in [0.1, 0.15) is 0 Å². The molecule has 1 aromatic carbocycles. The molecule has 1 N–H and O–H groups in total. The molecule has 0 atom stereocenters. The van der Waals surface area contributed by atoms with Crippen LogP contribution in [0.15, 0.2) is 36.5 Å². The van der Waals surface area contributed by atoms with Gasteiger partial charge in [0, 0.05) is 0 Å². The molecule has 6 nitrogen and oxygen atoms in total. The summed E-state index contributed by atoms with van der Waals surface area (Å²) in [5, 5.41) is 24.7. The highest BCUT2D eigenvalue weighted by Gasteiger charge is 2.12. The van der Waals surface area contributed by atoms with Gasteiger partial charge in [-0.3, -0.25) is 0 Å². The van der Waals surface area contributed by atoms with Gasteiger partial charge >= 0.3 is 0 Å². The van der Waals surface area contributed by atoms with Crippen molar-refractivity contribution in [3.8, 4) is 16.9 Å². The molecule has 0 saturated heterocycles. The third-order valence-corrected chi connectivity index (χ3v) is 2.29. The third kappa shape index (κ3) is 1.20. The highest BCUT2D eigenvalue weighted by Crippen LogP contribution is 2.30. The van der Waals surface area contributed by atoms with Gasteiger partial charge in [-0.25, -0.2) is 0 Å². The molecule has 0 amide bonds. The average molecular weight is 213 g/mol. The van der Waals surface area contributed by atoms with Crippen LogP contribution in [-0.4, -0.2) is 30.4 Å². The van der Waals surface area contributed by atoms with Crippen LogP contribution in [0.5, 0.6) is 5.75 Å². The second-order valence-corrected chi connectivity index (χ2v) is 3.26. The molecule has 0 bridgehead atoms. The minimum atomic E-state index is 0.0634. The number of tetrazole rings is 1. The smallest absolute Gasteiger partial charge is 0.211 e. The minimum Gasteiger partial charge on any atom is -0.505 e. The molecule has 2 aromatic heterocycles. The summed E-state index contributed by atoms with van der Waals surface area (Å²) in [7, 11) is 0. The van der Waals surface area contributed by atoms with Crippen molar-refractivity contribution in [1.29, 1.82) is 0 Å². The van der Waals surface area contributed by atoms with Crippen LogP contribution in [0.2, 0.25) is 0 Å². The second-order valence-electron chi connectivity index (χ2n) is 3.26. The molecule has 16 heavy (non-hydrogen) atoms. The van der Waals surface area contributed by atoms with Gasteiger partial charge in [-0.1, -0.05) is 30.3 Å². The third-order valence-electron chi connectivity index (χ3n) is 2.29. The Bertz CT molecular complexity index is 634. The summed E-state index contributed by atoms with van der Waals surface area (Å²) in [5.74, 6) is 0.0634. The standard InChI is InChI=1S/C10H7N5O/c16-8-6-11-15-10(12-13-14-15)9(8)7-4-2-1-3-5-7/h1-6,16H. The van der Waals surface area contributed by atoms with E-state index < -0.39 is 0 Å². The molecular formula is C10H7N5O. The topological polar surface area (TPSA) is 76.2 Å². The van der Waals surface area contributed by atoms with Crippen LogP contribution in [-0.2, 0) is 0 Å². The van der Waals surface area contributed by atoms with Crippen molar-refractivity contribution in [2.24, 2.45) is 0 Å². The van der Waals surface area contributed by atoms with Gasteiger partial charge in [-0.05, 0) is 16.0 Å². The number of fused-ring (bicyclic) bond motifs is 1. The summed E-state index contributed by atoms with van der Waals surface area (Å²) in [6.45, 7) is 0. The Morgan fingerprint density at radius 2 is 1.94 bits per heavy atom. The van der Waals surface area contributed by atoms with E-state index in [9.17, 15) is 5.11 Å². The van der Waals surface area contributed by atoms with Crippen LogP contribution in [0, 0.1) is 0 Å². The molecule has 78 valence electrons. The maximum Gasteiger partial charge on any atom is 0.211 e. The first-order valence-corrected chi connectivity index (χ1v) is 4.68. The lowest BCUT2D eigenvalue weighted by molar-refractivity contribution is 0.471. The fourth-order valence-electron chi connectivity index (χ4n) is 1.58. The predicted molar refractivity (Wildman–Crippen MR) is 55.7 cm³/mol. The van der Waals surface area contributed by atoms with Crippen LogP contribution in [0.4, 0.5) is 0 Å². The van der Waals surface area contributed by atoms with Crippen LogP contribution < -0.4 is 0 Å². The summed E-state index contributed by atoms with van der Waals surface area (Å²) < 4.78 is 1.28. The summed E-state index contributed by atoms with van der Waals surface area (Å²) in [6.07, 6.45) is 1.33. The molecule has 0 aliphatic rings. The Labute approximate surface area is 90.2 Å². The highest BCUT2D eigenvalue weighted by molar-refractivity contribution is 5.81. The Hall–Kier alpha value is -2.50. The van der Waals surface area contributed by atoms with Crippen molar-refractivity contribution in [1.82, 2.24) is 25.3 Å². The fourth-order valence-corrected chi connectivity index (χ4v) is 1.58. The van der Waals surface area contributed by atoms with E-state index in [0.29, 0.717) is 11.2 Å². The van der Waals surface area contributed by atoms with Crippen LogP contribution in [0.25, 0.3) is 16.8 Å². The summed E-state index contributed by atoms with van der Waals surface area (Å²) >= 11 is 0. The van der Waals surface area contributed by atoms with Gasteiger partial charge in [0.1, 0.15) is 5.75 Å². The molecule has 0 unspecified atom stereocenters. The zero-order valence-electron chi connectivity index (χ0n) is 8.15. The molecule has 0 fully saturated rings. The number of aromatic nitrogens is 5. The molecule has 3 rings (SSSR count). The van der Waals surface area contributed by atoms with E-state index in [1.54, 1.807) is 0 Å². The lowest BCUT2D eigenvalue weighted by atomic mass is 10.1. The van der Waals surface area contributed by atoms with Gasteiger partial charge in [0.05, 0.1) is 11.8 Å². The van der Waals surface area contributed by atoms with Gasteiger partial charge in [-0.2, -0.15) is 5.10 Å². The predicted octanol–water partition coefficient (Wildman–Crippen LogP) is 0.892. The van der Waals surface area contributed by atoms with E-state index in [4.69, 9.17) is 0 Å². The van der Waals surface area contributed by atoms with E-state index >= 15 is 0 Å². The molecule has 6 heteroatoms. The Balaban J connectivity index is 2.38. The molecule has 0 saturated carbocycles. The SMILES string of the molecule is Oc1cnn2nnnc2c1-c1ccccc1. The number of rotatable bonds is 1. The summed E-state index contributed by atoms with van der Waals surface area (Å²) in [5.41, 5.74) is 1.87. The largest absolute Gasteiger partial charge is 0.505 e.